The van der Waals surface area contributed by atoms with Crippen LogP contribution in [0, 0.1) is 0 Å². The molecule has 1 aliphatic rings. The Bertz CT molecular complexity index is 1320. The van der Waals surface area contributed by atoms with Crippen molar-refractivity contribution in [1.82, 2.24) is 24.5 Å². The third kappa shape index (κ3) is 3.08. The highest BCUT2D eigenvalue weighted by Crippen LogP contribution is 2.32. The molecule has 9 heteroatoms. The van der Waals surface area contributed by atoms with Gasteiger partial charge in [0.2, 0.25) is 11.0 Å². The summed E-state index contributed by atoms with van der Waals surface area (Å²) in [5, 5.41) is 8.78. The van der Waals surface area contributed by atoms with E-state index in [1.807, 2.05) is 18.2 Å². The number of aromatic amines is 1. The predicted octanol–water partition coefficient (Wildman–Crippen LogP) is 1.54. The molecule has 3 aromatic heterocycles. The molecule has 0 saturated heterocycles. The second-order valence-corrected chi connectivity index (χ2v) is 6.34. The first-order valence-corrected chi connectivity index (χ1v) is 8.92. The highest BCUT2D eigenvalue weighted by molar-refractivity contribution is 5.59. The van der Waals surface area contributed by atoms with Crippen molar-refractivity contribution in [2.45, 2.75) is 0 Å². The van der Waals surface area contributed by atoms with Crippen LogP contribution >= 0.6 is 0 Å². The number of aromatic nitrogens is 5. The zero-order chi connectivity index (χ0) is 19.8. The maximum Gasteiger partial charge on any atom is 0.250 e. The Morgan fingerprint density at radius 1 is 0.931 bits per heavy atom. The van der Waals surface area contributed by atoms with Crippen LogP contribution in [0.3, 0.4) is 0 Å². The van der Waals surface area contributed by atoms with E-state index < -0.39 is 0 Å². The summed E-state index contributed by atoms with van der Waals surface area (Å²) in [6.45, 7) is 0.985. The van der Waals surface area contributed by atoms with Crippen LogP contribution in [0.1, 0.15) is 0 Å². The lowest BCUT2D eigenvalue weighted by molar-refractivity contribution is 0.171. The quantitative estimate of drug-likeness (QED) is 0.570. The maximum atomic E-state index is 12.6. The summed E-state index contributed by atoms with van der Waals surface area (Å²) in [5.41, 5.74) is 1.46. The van der Waals surface area contributed by atoms with E-state index >= 15 is 0 Å². The first-order valence-electron chi connectivity index (χ1n) is 8.92. The normalized spacial score (nSPS) is 12.7. The van der Waals surface area contributed by atoms with Gasteiger partial charge in [-0.15, -0.1) is 0 Å². The van der Waals surface area contributed by atoms with Crippen molar-refractivity contribution in [3.05, 3.63) is 81.6 Å². The van der Waals surface area contributed by atoms with Crippen molar-refractivity contribution >= 4 is 0 Å². The molecule has 5 rings (SSSR count). The molecule has 29 heavy (non-hydrogen) atoms. The lowest BCUT2D eigenvalue weighted by Gasteiger charge is -2.19. The van der Waals surface area contributed by atoms with Crippen molar-refractivity contribution < 1.29 is 9.47 Å². The fourth-order valence-corrected chi connectivity index (χ4v) is 3.16. The molecule has 4 aromatic rings. The molecule has 9 nitrogen and oxygen atoms in total. The summed E-state index contributed by atoms with van der Waals surface area (Å²) in [6.07, 6.45) is 4.64. The third-order valence-corrected chi connectivity index (χ3v) is 4.49. The Labute approximate surface area is 163 Å². The Balaban J connectivity index is 1.62. The maximum absolute atomic E-state index is 12.6. The summed E-state index contributed by atoms with van der Waals surface area (Å²) < 4.78 is 14.3. The number of nitrogens with zero attached hydrogens (tertiary/aromatic N) is 4. The summed E-state index contributed by atoms with van der Waals surface area (Å²) >= 11 is 0. The zero-order valence-electron chi connectivity index (χ0n) is 15.1. The standard InChI is InChI=1S/C20H15N5O4/c26-16-5-8-24(13-3-6-21-19(27)12-13)23-20(16)15-4-7-22-25(15)14-1-2-17-18(11-14)29-10-9-28-17/h1-8,11-12H,9-10H2,(H,21,27). The Morgan fingerprint density at radius 3 is 2.66 bits per heavy atom. The van der Waals surface area contributed by atoms with Crippen molar-refractivity contribution in [3.8, 4) is 34.3 Å². The smallest absolute Gasteiger partial charge is 0.250 e. The molecule has 0 fully saturated rings. The van der Waals surface area contributed by atoms with Crippen molar-refractivity contribution in [2.75, 3.05) is 13.2 Å². The summed E-state index contributed by atoms with van der Waals surface area (Å²) in [7, 11) is 0. The third-order valence-electron chi connectivity index (χ3n) is 4.49. The number of rotatable bonds is 3. The summed E-state index contributed by atoms with van der Waals surface area (Å²) in [6, 6.07) is 11.7. The second-order valence-electron chi connectivity index (χ2n) is 6.34. The van der Waals surface area contributed by atoms with Gasteiger partial charge in [-0.3, -0.25) is 9.59 Å². The first-order chi connectivity index (χ1) is 14.2. The van der Waals surface area contributed by atoms with Crippen LogP contribution in [-0.2, 0) is 0 Å². The van der Waals surface area contributed by atoms with Gasteiger partial charge in [0.1, 0.15) is 13.2 Å². The van der Waals surface area contributed by atoms with E-state index in [9.17, 15) is 9.59 Å². The lowest BCUT2D eigenvalue weighted by Crippen LogP contribution is -2.17. The number of pyridine rings is 1. The first kappa shape index (κ1) is 17.0. The molecule has 4 heterocycles. The largest absolute Gasteiger partial charge is 0.486 e. The van der Waals surface area contributed by atoms with Crippen molar-refractivity contribution in [3.63, 3.8) is 0 Å². The Hall–Kier alpha value is -4.14. The van der Waals surface area contributed by atoms with Crippen LogP contribution < -0.4 is 20.5 Å². The van der Waals surface area contributed by atoms with Crippen molar-refractivity contribution in [1.29, 1.82) is 0 Å². The molecular formula is C20H15N5O4. The fraction of sp³-hybridized carbons (Fsp3) is 0.100. The molecule has 0 radical (unpaired) electrons. The molecule has 0 atom stereocenters. The highest BCUT2D eigenvalue weighted by atomic mass is 16.6. The molecule has 0 amide bonds. The van der Waals surface area contributed by atoms with Gasteiger partial charge in [-0.05, 0) is 24.3 Å². The van der Waals surface area contributed by atoms with Crippen LogP contribution in [0.2, 0.25) is 0 Å². The average molecular weight is 389 g/mol. The minimum absolute atomic E-state index is 0.208. The van der Waals surface area contributed by atoms with E-state index in [1.165, 1.54) is 29.2 Å². The van der Waals surface area contributed by atoms with Gasteiger partial charge in [-0.2, -0.15) is 10.2 Å². The molecule has 0 aliphatic carbocycles. The molecule has 0 bridgehead atoms. The molecule has 1 aliphatic heterocycles. The number of benzene rings is 1. The van der Waals surface area contributed by atoms with Gasteiger partial charge in [-0.25, -0.2) is 9.36 Å². The average Bonchev–Trinajstić information content (AvgIpc) is 3.23. The minimum atomic E-state index is -0.259. The van der Waals surface area contributed by atoms with Gasteiger partial charge in [0.15, 0.2) is 17.2 Å². The Morgan fingerprint density at radius 2 is 1.79 bits per heavy atom. The SMILES string of the molecule is O=c1cc(-n2ccc(=O)c(-c3ccnn3-c3ccc4c(c3)OCCO4)n2)cc[nH]1. The number of fused-ring (bicyclic) bond motifs is 1. The van der Waals surface area contributed by atoms with Crippen LogP contribution in [0.15, 0.2) is 70.6 Å². The zero-order valence-corrected chi connectivity index (χ0v) is 15.1. The summed E-state index contributed by atoms with van der Waals surface area (Å²) in [4.78, 5) is 26.7. The van der Waals surface area contributed by atoms with E-state index in [2.05, 4.69) is 15.2 Å². The van der Waals surface area contributed by atoms with Gasteiger partial charge in [0.25, 0.3) is 0 Å². The van der Waals surface area contributed by atoms with Crippen molar-refractivity contribution in [2.24, 2.45) is 0 Å². The number of hydrogen-bond donors (Lipinski definition) is 1. The van der Waals surface area contributed by atoms with E-state index in [4.69, 9.17) is 9.47 Å². The van der Waals surface area contributed by atoms with Gasteiger partial charge in [-0.1, -0.05) is 0 Å². The second kappa shape index (κ2) is 6.79. The highest BCUT2D eigenvalue weighted by Gasteiger charge is 2.17. The number of hydrogen-bond acceptors (Lipinski definition) is 6. The van der Waals surface area contributed by atoms with Gasteiger partial charge in [0, 0.05) is 30.6 Å². The monoisotopic (exact) mass is 389 g/mol. The minimum Gasteiger partial charge on any atom is -0.486 e. The van der Waals surface area contributed by atoms with Crippen LogP contribution in [0.25, 0.3) is 22.8 Å². The lowest BCUT2D eigenvalue weighted by atomic mass is 10.2. The number of ether oxygens (including phenoxy) is 2. The molecule has 0 unspecified atom stereocenters. The van der Waals surface area contributed by atoms with Crippen LogP contribution in [0.5, 0.6) is 11.5 Å². The van der Waals surface area contributed by atoms with E-state index in [-0.39, 0.29) is 16.7 Å². The number of H-pyrrole nitrogens is 1. The van der Waals surface area contributed by atoms with Gasteiger partial charge in [0.05, 0.1) is 23.3 Å². The molecule has 0 saturated carbocycles. The summed E-state index contributed by atoms with van der Waals surface area (Å²) in [5.74, 6) is 1.29. The predicted molar refractivity (Wildman–Crippen MR) is 104 cm³/mol. The van der Waals surface area contributed by atoms with E-state index in [0.29, 0.717) is 41.8 Å². The van der Waals surface area contributed by atoms with Gasteiger partial charge >= 0.3 is 0 Å². The molecule has 0 spiro atoms. The van der Waals surface area contributed by atoms with Gasteiger partial charge < -0.3 is 14.5 Å². The topological polar surface area (TPSA) is 104 Å². The molecule has 144 valence electrons. The molecule has 1 aromatic carbocycles. The fourth-order valence-electron chi connectivity index (χ4n) is 3.16. The molecule has 1 N–H and O–H groups in total. The van der Waals surface area contributed by atoms with Crippen LogP contribution in [-0.4, -0.2) is 37.8 Å². The number of nitrogens with one attached hydrogen (secondary N) is 1. The van der Waals surface area contributed by atoms with Crippen LogP contribution in [0.4, 0.5) is 0 Å². The Kier molecular flexibility index (Phi) is 3.98. The molecular weight excluding hydrogens is 374 g/mol. The van der Waals surface area contributed by atoms with E-state index in [1.54, 1.807) is 23.0 Å². The van der Waals surface area contributed by atoms with E-state index in [0.717, 1.165) is 0 Å².